The van der Waals surface area contributed by atoms with Gasteiger partial charge in [-0.15, -0.1) is 0 Å². The number of benzene rings is 2. The molecule has 2 aromatic rings. The minimum absolute atomic E-state index is 0.0419. The molecule has 0 saturated heterocycles. The first-order chi connectivity index (χ1) is 16.2. The van der Waals surface area contributed by atoms with Crippen molar-refractivity contribution in [1.82, 2.24) is 5.32 Å². The number of fused-ring (bicyclic) bond motifs is 3. The zero-order valence-corrected chi connectivity index (χ0v) is 21.6. The molecule has 2 aromatic carbocycles. The molecule has 0 saturated carbocycles. The molecular weight excluding hydrogens is 497 g/mol. The number of hydrogen-bond donors (Lipinski definition) is 2. The van der Waals surface area contributed by atoms with Crippen molar-refractivity contribution in [1.29, 1.82) is 0 Å². The summed E-state index contributed by atoms with van der Waals surface area (Å²) in [4.78, 5) is 35.9. The second-order valence-electron chi connectivity index (χ2n) is 9.21. The van der Waals surface area contributed by atoms with Crippen LogP contribution in [0, 0.1) is 0 Å². The van der Waals surface area contributed by atoms with Crippen molar-refractivity contribution in [3.8, 4) is 11.1 Å². The molecule has 1 amide bonds. The predicted octanol–water partition coefficient (Wildman–Crippen LogP) is 5.21. The normalized spacial score (nSPS) is 13.9. The van der Waals surface area contributed by atoms with Crippen molar-refractivity contribution in [2.24, 2.45) is 0 Å². The molecule has 2 N–H and O–H groups in total. The van der Waals surface area contributed by atoms with Crippen molar-refractivity contribution >= 4 is 32.6 Å². The number of amides is 1. The average Bonchev–Trinajstić information content (AvgIpc) is 3.09. The number of carbonyl (C=O) groups excluding carboxylic acids is 2. The van der Waals surface area contributed by atoms with Crippen LogP contribution in [0.15, 0.2) is 48.5 Å². The fourth-order valence-corrected chi connectivity index (χ4v) is 5.70. The number of unbranched alkanes of at least 4 members (excludes halogenated alkanes) is 1. The van der Waals surface area contributed by atoms with Gasteiger partial charge in [-0.2, -0.15) is 0 Å². The van der Waals surface area contributed by atoms with Crippen LogP contribution in [0.1, 0.15) is 57.1 Å². The third kappa shape index (κ3) is 7.10. The zero-order chi connectivity index (χ0) is 24.7. The first-order valence-electron chi connectivity index (χ1n) is 11.4. The van der Waals surface area contributed by atoms with E-state index in [-0.39, 0.29) is 12.5 Å². The van der Waals surface area contributed by atoms with E-state index in [2.05, 4.69) is 17.4 Å². The Morgan fingerprint density at radius 2 is 1.59 bits per heavy atom. The topological polar surface area (TPSA) is 102 Å². The molecule has 7 nitrogen and oxygen atoms in total. The number of ether oxygens (including phenoxy) is 2. The van der Waals surface area contributed by atoms with Gasteiger partial charge in [-0.1, -0.05) is 0 Å². The van der Waals surface area contributed by atoms with E-state index in [1.165, 1.54) is 0 Å². The first kappa shape index (κ1) is 25.8. The van der Waals surface area contributed by atoms with Crippen molar-refractivity contribution in [3.05, 3.63) is 59.7 Å². The molecule has 0 bridgehead atoms. The van der Waals surface area contributed by atoms with Crippen LogP contribution in [0.3, 0.4) is 0 Å². The standard InChI is InChI=1S/C26H31AsNO6/c1-26(2,3)34-25(32)28-15-9-8-14-22(23(29)30)27-24(31)33-16-21-19-12-6-4-10-17(19)18-11-5-7-13-20(18)21/h4-7,10-13,21-22H,8-9,14-16H2,1-3H3,(H,28,32)(H,29,30)/t22-/m0/s1. The van der Waals surface area contributed by atoms with Gasteiger partial charge in [0.05, 0.1) is 0 Å². The number of carbonyl (C=O) groups is 3. The van der Waals surface area contributed by atoms with E-state index >= 15 is 0 Å². The molecule has 1 radical (unpaired) electrons. The summed E-state index contributed by atoms with van der Waals surface area (Å²) in [6, 6.07) is 16.2. The van der Waals surface area contributed by atoms with E-state index in [9.17, 15) is 19.5 Å². The molecule has 0 aromatic heterocycles. The fourth-order valence-electron chi connectivity index (χ4n) is 3.97. The van der Waals surface area contributed by atoms with E-state index in [0.717, 1.165) is 22.3 Å². The monoisotopic (exact) mass is 528 g/mol. The van der Waals surface area contributed by atoms with Crippen molar-refractivity contribution < 1.29 is 29.0 Å². The molecule has 1 aliphatic carbocycles. The van der Waals surface area contributed by atoms with Crippen LogP contribution in [0.2, 0.25) is 4.71 Å². The Balaban J connectivity index is 1.46. The molecule has 0 spiro atoms. The van der Waals surface area contributed by atoms with Crippen LogP contribution in [-0.4, -0.2) is 56.4 Å². The van der Waals surface area contributed by atoms with Gasteiger partial charge in [0.15, 0.2) is 0 Å². The molecule has 0 aliphatic heterocycles. The van der Waals surface area contributed by atoms with Crippen LogP contribution in [0.4, 0.5) is 9.59 Å². The van der Waals surface area contributed by atoms with Gasteiger partial charge in [-0.3, -0.25) is 0 Å². The van der Waals surface area contributed by atoms with E-state index in [1.807, 2.05) is 36.4 Å². The summed E-state index contributed by atoms with van der Waals surface area (Å²) < 4.78 is 9.61. The zero-order valence-electron chi connectivity index (χ0n) is 19.7. The van der Waals surface area contributed by atoms with Crippen LogP contribution >= 0.6 is 0 Å². The molecule has 8 heteroatoms. The van der Waals surface area contributed by atoms with E-state index in [4.69, 9.17) is 9.47 Å². The Labute approximate surface area is 206 Å². The summed E-state index contributed by atoms with van der Waals surface area (Å²) in [5.41, 5.74) is 3.98. The van der Waals surface area contributed by atoms with Gasteiger partial charge in [-0.25, -0.2) is 0 Å². The molecule has 34 heavy (non-hydrogen) atoms. The van der Waals surface area contributed by atoms with Gasteiger partial charge in [0.1, 0.15) is 0 Å². The van der Waals surface area contributed by atoms with Crippen molar-refractivity contribution in [2.75, 3.05) is 13.2 Å². The quantitative estimate of drug-likeness (QED) is 0.325. The van der Waals surface area contributed by atoms with Crippen LogP contribution in [-0.2, 0) is 14.3 Å². The Morgan fingerprint density at radius 3 is 2.15 bits per heavy atom. The number of alkyl carbamates (subject to hydrolysis) is 1. The SMILES string of the molecule is CC(C)(C)OC(=O)NCCCC[C@H]([As]C(=O)OCC1c2ccccc2-c2ccccc21)C(=O)O. The molecule has 3 rings (SSSR count). The third-order valence-corrected chi connectivity index (χ3v) is 7.83. The Hall–Kier alpha value is -2.79. The van der Waals surface area contributed by atoms with Gasteiger partial charge in [0.25, 0.3) is 0 Å². The molecule has 181 valence electrons. The maximum atomic E-state index is 12.5. The number of nitrogens with one attached hydrogen (secondary N) is 1. The van der Waals surface area contributed by atoms with E-state index < -0.39 is 42.9 Å². The Bertz CT molecular complexity index is 986. The molecule has 0 unspecified atom stereocenters. The summed E-state index contributed by atoms with van der Waals surface area (Å²) in [5, 5.41) is 12.2. The fraction of sp³-hybridized carbons (Fsp3) is 0.423. The van der Waals surface area contributed by atoms with Gasteiger partial charge in [-0.05, 0) is 0 Å². The third-order valence-electron chi connectivity index (χ3n) is 5.45. The summed E-state index contributed by atoms with van der Waals surface area (Å²) in [6.07, 6.45) is 1.07. The van der Waals surface area contributed by atoms with Gasteiger partial charge in [0.2, 0.25) is 0 Å². The van der Waals surface area contributed by atoms with Crippen molar-refractivity contribution in [2.45, 2.75) is 56.3 Å². The Kier molecular flexibility index (Phi) is 8.78. The van der Waals surface area contributed by atoms with E-state index in [0.29, 0.717) is 25.8 Å². The maximum absolute atomic E-state index is 12.5. The molecular formula is C26H31AsNO6. The second kappa shape index (κ2) is 11.6. The second-order valence-corrected chi connectivity index (χ2v) is 11.8. The number of aliphatic carboxylic acids is 1. The van der Waals surface area contributed by atoms with Crippen LogP contribution in [0.25, 0.3) is 11.1 Å². The van der Waals surface area contributed by atoms with E-state index in [1.54, 1.807) is 20.8 Å². The average molecular weight is 528 g/mol. The van der Waals surface area contributed by atoms with Gasteiger partial charge in [0, 0.05) is 0 Å². The summed E-state index contributed by atoms with van der Waals surface area (Å²) in [5.74, 6) is -1.02. The Morgan fingerprint density at radius 1 is 1.00 bits per heavy atom. The number of hydrogen-bond acceptors (Lipinski definition) is 5. The summed E-state index contributed by atoms with van der Waals surface area (Å²) in [7, 11) is 0. The number of rotatable bonds is 10. The molecule has 0 fully saturated rings. The first-order valence-corrected chi connectivity index (χ1v) is 13.4. The van der Waals surface area contributed by atoms with Gasteiger partial charge < -0.3 is 0 Å². The summed E-state index contributed by atoms with van der Waals surface area (Å²) in [6.45, 7) is 5.96. The van der Waals surface area contributed by atoms with Crippen LogP contribution < -0.4 is 5.32 Å². The number of carboxylic acids is 1. The predicted molar refractivity (Wildman–Crippen MR) is 130 cm³/mol. The summed E-state index contributed by atoms with van der Waals surface area (Å²) >= 11 is -1.16. The molecule has 0 heterocycles. The van der Waals surface area contributed by atoms with Gasteiger partial charge >= 0.3 is 207 Å². The number of carboxylic acid groups (broad SMARTS) is 1. The minimum atomic E-state index is -1.16. The van der Waals surface area contributed by atoms with Crippen molar-refractivity contribution in [3.63, 3.8) is 0 Å². The molecule has 1 aliphatic rings. The van der Waals surface area contributed by atoms with Crippen LogP contribution in [0.5, 0.6) is 0 Å². The molecule has 1 atom stereocenters.